The summed E-state index contributed by atoms with van der Waals surface area (Å²) in [6.45, 7) is 0. The van der Waals surface area contributed by atoms with Gasteiger partial charge in [0.15, 0.2) is 5.82 Å². The molecule has 0 fully saturated rings. The van der Waals surface area contributed by atoms with Gasteiger partial charge in [0.2, 0.25) is 0 Å². The van der Waals surface area contributed by atoms with Crippen LogP contribution in [0.2, 0.25) is 0 Å². The van der Waals surface area contributed by atoms with E-state index in [4.69, 9.17) is 11.0 Å². The molecule has 3 heterocycles. The van der Waals surface area contributed by atoms with E-state index >= 15 is 0 Å². The van der Waals surface area contributed by atoms with Gasteiger partial charge in [-0.3, -0.25) is 10.4 Å². The SMILES string of the molecule is N#Cc1cn[nH]c1NC(=O)Nc1ccc(-c2cccn3nnc(N)c23)cc1. The fourth-order valence-electron chi connectivity index (χ4n) is 2.68. The number of H-pyrrole nitrogens is 1. The summed E-state index contributed by atoms with van der Waals surface area (Å²) in [5.74, 6) is 0.585. The standard InChI is InChI=1S/C17H13N9O/c18-8-11-9-20-24-16(11)22-17(27)21-12-5-3-10(4-6-12)13-2-1-7-26-14(13)15(19)23-25-26/h1-7,9H,19H2,(H3,20,21,22,24,27). The third kappa shape index (κ3) is 3.00. The summed E-state index contributed by atoms with van der Waals surface area (Å²) in [6.07, 6.45) is 3.11. The molecule has 10 heteroatoms. The molecule has 27 heavy (non-hydrogen) atoms. The maximum Gasteiger partial charge on any atom is 0.324 e. The first-order valence-electron chi connectivity index (χ1n) is 7.87. The summed E-state index contributed by atoms with van der Waals surface area (Å²) in [5.41, 5.74) is 9.25. The van der Waals surface area contributed by atoms with Crippen molar-refractivity contribution >= 4 is 28.9 Å². The number of pyridine rings is 1. The predicted molar refractivity (Wildman–Crippen MR) is 98.8 cm³/mol. The zero-order valence-corrected chi connectivity index (χ0v) is 13.8. The number of aromatic nitrogens is 5. The molecule has 0 atom stereocenters. The number of nitrogens with zero attached hydrogens (tertiary/aromatic N) is 5. The molecule has 0 unspecified atom stereocenters. The third-order valence-corrected chi connectivity index (χ3v) is 3.92. The number of amides is 2. The smallest absolute Gasteiger partial charge is 0.324 e. The Bertz CT molecular complexity index is 1170. The minimum Gasteiger partial charge on any atom is -0.380 e. The number of nitrogen functional groups attached to an aromatic ring is 1. The predicted octanol–water partition coefficient (Wildman–Crippen LogP) is 2.22. The average Bonchev–Trinajstić information content (AvgIpc) is 3.28. The largest absolute Gasteiger partial charge is 0.380 e. The Balaban J connectivity index is 1.53. The van der Waals surface area contributed by atoms with Crippen LogP contribution >= 0.6 is 0 Å². The second kappa shape index (κ2) is 6.49. The van der Waals surface area contributed by atoms with Crippen LogP contribution in [-0.2, 0) is 0 Å². The van der Waals surface area contributed by atoms with Gasteiger partial charge in [-0.15, -0.1) is 5.10 Å². The molecule has 0 aliphatic carbocycles. The maximum atomic E-state index is 12.1. The van der Waals surface area contributed by atoms with E-state index in [0.29, 0.717) is 11.5 Å². The summed E-state index contributed by atoms with van der Waals surface area (Å²) < 4.78 is 1.61. The molecular weight excluding hydrogens is 346 g/mol. The molecule has 0 radical (unpaired) electrons. The molecule has 4 rings (SSSR count). The number of nitrogens with two attached hydrogens (primary N) is 1. The van der Waals surface area contributed by atoms with Gasteiger partial charge in [-0.05, 0) is 23.8 Å². The van der Waals surface area contributed by atoms with Crippen LogP contribution in [0, 0.1) is 11.3 Å². The number of carbonyl (C=O) groups excluding carboxylic acids is 1. The van der Waals surface area contributed by atoms with Crippen LogP contribution in [0.25, 0.3) is 16.6 Å². The zero-order valence-electron chi connectivity index (χ0n) is 13.8. The Hall–Kier alpha value is -4.39. The van der Waals surface area contributed by atoms with E-state index in [2.05, 4.69) is 31.1 Å². The number of carbonyl (C=O) groups is 1. The summed E-state index contributed by atoms with van der Waals surface area (Å²) in [5, 5.41) is 28.3. The van der Waals surface area contributed by atoms with Crippen molar-refractivity contribution in [1.82, 2.24) is 25.0 Å². The first kappa shape index (κ1) is 16.1. The lowest BCUT2D eigenvalue weighted by atomic mass is 10.1. The van der Waals surface area contributed by atoms with E-state index in [1.807, 2.05) is 30.3 Å². The second-order valence-corrected chi connectivity index (χ2v) is 5.62. The molecule has 132 valence electrons. The number of benzene rings is 1. The number of nitriles is 1. The Morgan fingerprint density at radius 1 is 1.22 bits per heavy atom. The van der Waals surface area contributed by atoms with Gasteiger partial charge < -0.3 is 11.1 Å². The van der Waals surface area contributed by atoms with E-state index < -0.39 is 6.03 Å². The number of fused-ring (bicyclic) bond motifs is 1. The van der Waals surface area contributed by atoms with Crippen molar-refractivity contribution in [3.63, 3.8) is 0 Å². The van der Waals surface area contributed by atoms with Crippen molar-refractivity contribution in [3.8, 4) is 17.2 Å². The minimum absolute atomic E-state index is 0.238. The zero-order chi connectivity index (χ0) is 18.8. The fraction of sp³-hybridized carbons (Fsp3) is 0. The normalized spacial score (nSPS) is 10.5. The molecule has 0 aliphatic rings. The van der Waals surface area contributed by atoms with Gasteiger partial charge in [0, 0.05) is 17.4 Å². The third-order valence-electron chi connectivity index (χ3n) is 3.92. The van der Waals surface area contributed by atoms with Crippen LogP contribution < -0.4 is 16.4 Å². The number of urea groups is 1. The lowest BCUT2D eigenvalue weighted by molar-refractivity contribution is 0.262. The molecule has 5 N–H and O–H groups in total. The van der Waals surface area contributed by atoms with E-state index in [9.17, 15) is 4.79 Å². The van der Waals surface area contributed by atoms with Crippen molar-refractivity contribution in [2.24, 2.45) is 0 Å². The van der Waals surface area contributed by atoms with Crippen molar-refractivity contribution in [3.05, 3.63) is 54.4 Å². The number of rotatable bonds is 3. The topological polar surface area (TPSA) is 150 Å². The summed E-state index contributed by atoms with van der Waals surface area (Å²) in [4.78, 5) is 12.1. The molecule has 0 bridgehead atoms. The quantitative estimate of drug-likeness (QED) is 0.440. The Kier molecular flexibility index (Phi) is 3.87. The lowest BCUT2D eigenvalue weighted by Gasteiger charge is -2.08. The molecule has 10 nitrogen and oxygen atoms in total. The van der Waals surface area contributed by atoms with E-state index in [1.54, 1.807) is 22.8 Å². The van der Waals surface area contributed by atoms with Crippen molar-refractivity contribution in [2.75, 3.05) is 16.4 Å². The molecule has 0 aliphatic heterocycles. The summed E-state index contributed by atoms with van der Waals surface area (Å²) >= 11 is 0. The number of aromatic amines is 1. The van der Waals surface area contributed by atoms with E-state index in [1.165, 1.54) is 6.20 Å². The van der Waals surface area contributed by atoms with Gasteiger partial charge in [0.05, 0.1) is 6.20 Å². The Morgan fingerprint density at radius 3 is 2.81 bits per heavy atom. The van der Waals surface area contributed by atoms with Crippen molar-refractivity contribution in [2.45, 2.75) is 0 Å². The highest BCUT2D eigenvalue weighted by atomic mass is 16.2. The van der Waals surface area contributed by atoms with Gasteiger partial charge in [-0.2, -0.15) is 10.4 Å². The van der Waals surface area contributed by atoms with Crippen LogP contribution in [0.4, 0.5) is 22.1 Å². The Morgan fingerprint density at radius 2 is 2.04 bits per heavy atom. The minimum atomic E-state index is -0.491. The molecule has 0 saturated carbocycles. The van der Waals surface area contributed by atoms with Crippen LogP contribution in [0.3, 0.4) is 0 Å². The number of anilines is 3. The highest BCUT2D eigenvalue weighted by molar-refractivity contribution is 6.00. The number of nitrogens with one attached hydrogen (secondary N) is 3. The summed E-state index contributed by atoms with van der Waals surface area (Å²) in [7, 11) is 0. The van der Waals surface area contributed by atoms with Gasteiger partial charge in [-0.1, -0.05) is 23.4 Å². The van der Waals surface area contributed by atoms with Crippen molar-refractivity contribution in [1.29, 1.82) is 5.26 Å². The van der Waals surface area contributed by atoms with Gasteiger partial charge in [0.25, 0.3) is 0 Å². The van der Waals surface area contributed by atoms with E-state index in [-0.39, 0.29) is 11.4 Å². The average molecular weight is 359 g/mol. The van der Waals surface area contributed by atoms with Crippen molar-refractivity contribution < 1.29 is 4.79 Å². The number of hydrogen-bond acceptors (Lipinski definition) is 6. The fourth-order valence-corrected chi connectivity index (χ4v) is 2.68. The molecule has 1 aromatic carbocycles. The van der Waals surface area contributed by atoms with Gasteiger partial charge in [-0.25, -0.2) is 9.31 Å². The first-order valence-corrected chi connectivity index (χ1v) is 7.87. The van der Waals surface area contributed by atoms with Gasteiger partial charge in [0.1, 0.15) is 23.0 Å². The summed E-state index contributed by atoms with van der Waals surface area (Å²) in [6, 6.07) is 12.4. The van der Waals surface area contributed by atoms with E-state index in [0.717, 1.165) is 16.6 Å². The Labute approximate surface area is 152 Å². The molecule has 4 aromatic rings. The first-order chi connectivity index (χ1) is 13.2. The van der Waals surface area contributed by atoms with Crippen LogP contribution in [0.1, 0.15) is 5.56 Å². The van der Waals surface area contributed by atoms with Crippen LogP contribution in [-0.4, -0.2) is 31.1 Å². The van der Waals surface area contributed by atoms with Gasteiger partial charge >= 0.3 is 6.03 Å². The molecule has 3 aromatic heterocycles. The highest BCUT2D eigenvalue weighted by Gasteiger charge is 2.11. The highest BCUT2D eigenvalue weighted by Crippen LogP contribution is 2.28. The lowest BCUT2D eigenvalue weighted by Crippen LogP contribution is -2.20. The monoisotopic (exact) mass is 359 g/mol. The molecule has 0 spiro atoms. The molecule has 2 amide bonds. The number of hydrogen-bond donors (Lipinski definition) is 4. The van der Waals surface area contributed by atoms with Crippen LogP contribution in [0.15, 0.2) is 48.8 Å². The second-order valence-electron chi connectivity index (χ2n) is 5.62. The maximum absolute atomic E-state index is 12.1. The molecule has 0 saturated heterocycles. The van der Waals surface area contributed by atoms with Crippen LogP contribution in [0.5, 0.6) is 0 Å². The molecular formula is C17H13N9O.